The Kier molecular flexibility index (Phi) is 5.19. The highest BCUT2D eigenvalue weighted by molar-refractivity contribution is 5.82. The Morgan fingerprint density at radius 3 is 3.00 bits per heavy atom. The van der Waals surface area contributed by atoms with Gasteiger partial charge >= 0.3 is 5.97 Å². The van der Waals surface area contributed by atoms with Crippen LogP contribution in [0.1, 0.15) is 12.8 Å². The molecule has 1 saturated heterocycles. The summed E-state index contributed by atoms with van der Waals surface area (Å²) in [5, 5.41) is 4.59. The molecule has 0 amide bonds. The summed E-state index contributed by atoms with van der Waals surface area (Å²) in [6.45, 7) is 4.75. The minimum Gasteiger partial charge on any atom is -0.474 e. The van der Waals surface area contributed by atoms with Crippen molar-refractivity contribution in [2.75, 3.05) is 13.7 Å². The fourth-order valence-electron chi connectivity index (χ4n) is 3.09. The number of allylic oxidation sites excluding steroid dienone is 1. The second-order valence-corrected chi connectivity index (χ2v) is 6.06. The minimum atomic E-state index is -0.371. The number of pyridine rings is 1. The summed E-state index contributed by atoms with van der Waals surface area (Å²) in [4.78, 5) is 24.4. The van der Waals surface area contributed by atoms with Gasteiger partial charge in [-0.05, 0) is 17.9 Å². The molecule has 25 heavy (non-hydrogen) atoms. The van der Waals surface area contributed by atoms with Crippen LogP contribution in [0.15, 0.2) is 47.8 Å². The molecule has 3 rings (SSSR count). The van der Waals surface area contributed by atoms with E-state index in [2.05, 4.69) is 11.9 Å². The number of fused-ring (bicyclic) bond motifs is 1. The molecule has 6 heteroatoms. The summed E-state index contributed by atoms with van der Waals surface area (Å²) in [6.07, 6.45) is 2.76. The molecule has 6 nitrogen and oxygen atoms in total. The van der Waals surface area contributed by atoms with Crippen LogP contribution in [-0.2, 0) is 16.1 Å². The number of carbonyl (C=O) groups excluding carboxylic acids is 1. The topological polar surface area (TPSA) is 69.6 Å². The van der Waals surface area contributed by atoms with Gasteiger partial charge < -0.3 is 14.8 Å². The van der Waals surface area contributed by atoms with Gasteiger partial charge in [0.2, 0.25) is 0 Å². The maximum atomic E-state index is 12.8. The number of aromatic nitrogens is 1. The van der Waals surface area contributed by atoms with E-state index >= 15 is 0 Å². The molecule has 2 aromatic rings. The Hall–Kier alpha value is -2.60. The molecule has 1 aliphatic heterocycles. The molecule has 0 bridgehead atoms. The van der Waals surface area contributed by atoms with Crippen molar-refractivity contribution in [1.82, 2.24) is 9.88 Å². The van der Waals surface area contributed by atoms with Gasteiger partial charge in [0.15, 0.2) is 5.88 Å². The number of hydrogen-bond donors (Lipinski definition) is 1. The molecule has 0 radical (unpaired) electrons. The Balaban J connectivity index is 1.90. The average Bonchev–Trinajstić information content (AvgIpc) is 3.09. The van der Waals surface area contributed by atoms with Gasteiger partial charge in [0.1, 0.15) is 12.1 Å². The lowest BCUT2D eigenvalue weighted by Crippen LogP contribution is -2.31. The Morgan fingerprint density at radius 1 is 1.44 bits per heavy atom. The number of nitrogens with one attached hydrogen (secondary N) is 1. The number of rotatable bonds is 6. The van der Waals surface area contributed by atoms with Crippen molar-refractivity contribution in [1.29, 1.82) is 0 Å². The molecule has 0 spiro atoms. The first-order valence-electron chi connectivity index (χ1n) is 8.35. The van der Waals surface area contributed by atoms with Crippen molar-refractivity contribution in [2.24, 2.45) is 0 Å². The van der Waals surface area contributed by atoms with Crippen molar-refractivity contribution in [3.63, 3.8) is 0 Å². The normalized spacial score (nSPS) is 19.7. The van der Waals surface area contributed by atoms with E-state index in [4.69, 9.17) is 9.47 Å². The quantitative estimate of drug-likeness (QED) is 0.641. The SMILES string of the molecule is C=CCCn1c(O[C@H]2CN[C@H](C(=O)OC)C2)cc2ccccc2c1=O. The van der Waals surface area contributed by atoms with Gasteiger partial charge in [0.05, 0.1) is 7.11 Å². The van der Waals surface area contributed by atoms with Crippen molar-refractivity contribution in [3.05, 3.63) is 53.3 Å². The van der Waals surface area contributed by atoms with E-state index < -0.39 is 0 Å². The number of ether oxygens (including phenoxy) is 2. The maximum Gasteiger partial charge on any atom is 0.323 e. The van der Waals surface area contributed by atoms with Crippen LogP contribution in [0.4, 0.5) is 0 Å². The molecule has 2 heterocycles. The number of nitrogens with zero attached hydrogens (tertiary/aromatic N) is 1. The van der Waals surface area contributed by atoms with Crippen LogP contribution in [0.3, 0.4) is 0 Å². The van der Waals surface area contributed by atoms with Crippen LogP contribution in [0.2, 0.25) is 0 Å². The number of benzene rings is 1. The van der Waals surface area contributed by atoms with E-state index in [0.29, 0.717) is 37.2 Å². The van der Waals surface area contributed by atoms with Crippen molar-refractivity contribution < 1.29 is 14.3 Å². The van der Waals surface area contributed by atoms with Crippen LogP contribution in [0.25, 0.3) is 10.8 Å². The fourth-order valence-corrected chi connectivity index (χ4v) is 3.09. The van der Waals surface area contributed by atoms with Crippen molar-refractivity contribution in [2.45, 2.75) is 31.5 Å². The van der Waals surface area contributed by atoms with E-state index in [1.165, 1.54) is 7.11 Å². The summed E-state index contributed by atoms with van der Waals surface area (Å²) < 4.78 is 12.5. The second kappa shape index (κ2) is 7.53. The molecular weight excluding hydrogens is 320 g/mol. The zero-order valence-electron chi connectivity index (χ0n) is 14.2. The lowest BCUT2D eigenvalue weighted by Gasteiger charge is -2.18. The number of carbonyl (C=O) groups is 1. The third kappa shape index (κ3) is 3.58. The third-order valence-electron chi connectivity index (χ3n) is 4.40. The predicted molar refractivity (Wildman–Crippen MR) is 95.9 cm³/mol. The highest BCUT2D eigenvalue weighted by Crippen LogP contribution is 2.22. The highest BCUT2D eigenvalue weighted by atomic mass is 16.5. The van der Waals surface area contributed by atoms with Crippen LogP contribution in [-0.4, -0.2) is 36.3 Å². The maximum absolute atomic E-state index is 12.8. The summed E-state index contributed by atoms with van der Waals surface area (Å²) in [5.41, 5.74) is -0.0783. The van der Waals surface area contributed by atoms with Crippen LogP contribution < -0.4 is 15.6 Å². The molecule has 2 atom stereocenters. The van der Waals surface area contributed by atoms with Gasteiger partial charge in [-0.2, -0.15) is 0 Å². The highest BCUT2D eigenvalue weighted by Gasteiger charge is 2.32. The molecule has 1 aromatic carbocycles. The van der Waals surface area contributed by atoms with Gasteiger partial charge in [0, 0.05) is 31.0 Å². The molecule has 1 aromatic heterocycles. The second-order valence-electron chi connectivity index (χ2n) is 6.06. The monoisotopic (exact) mass is 342 g/mol. The van der Waals surface area contributed by atoms with Gasteiger partial charge in [-0.15, -0.1) is 6.58 Å². The zero-order chi connectivity index (χ0) is 17.8. The van der Waals surface area contributed by atoms with Crippen LogP contribution in [0.5, 0.6) is 5.88 Å². The first-order valence-corrected chi connectivity index (χ1v) is 8.35. The number of hydrogen-bond acceptors (Lipinski definition) is 5. The van der Waals surface area contributed by atoms with Crippen molar-refractivity contribution in [3.8, 4) is 5.88 Å². The van der Waals surface area contributed by atoms with Crippen LogP contribution in [0, 0.1) is 0 Å². The standard InChI is InChI=1S/C19H22N2O4/c1-3-4-9-21-17(10-13-7-5-6-8-15(13)18(21)22)25-14-11-16(20-12-14)19(23)24-2/h3,5-8,10,14,16,20H,1,4,9,11-12H2,2H3/t14-,16+/m1/s1. The molecule has 132 valence electrons. The summed E-state index contributed by atoms with van der Waals surface area (Å²) >= 11 is 0. The van der Waals surface area contributed by atoms with E-state index in [1.54, 1.807) is 10.6 Å². The van der Waals surface area contributed by atoms with Crippen molar-refractivity contribution >= 4 is 16.7 Å². The lowest BCUT2D eigenvalue weighted by molar-refractivity contribution is -0.142. The molecule has 1 aliphatic rings. The Bertz CT molecular complexity index is 843. The predicted octanol–water partition coefficient (Wildman–Crippen LogP) is 1.86. The summed E-state index contributed by atoms with van der Waals surface area (Å²) in [5.74, 6) is 0.219. The average molecular weight is 342 g/mol. The first-order chi connectivity index (χ1) is 12.1. The molecule has 1 N–H and O–H groups in total. The van der Waals surface area contributed by atoms with Crippen LogP contribution >= 0.6 is 0 Å². The van der Waals surface area contributed by atoms with E-state index in [9.17, 15) is 9.59 Å². The molecular formula is C19H22N2O4. The number of methoxy groups -OCH3 is 1. The van der Waals surface area contributed by atoms with Gasteiger partial charge in [-0.1, -0.05) is 24.3 Å². The largest absolute Gasteiger partial charge is 0.474 e. The third-order valence-corrected chi connectivity index (χ3v) is 4.40. The van der Waals surface area contributed by atoms with Gasteiger partial charge in [0.25, 0.3) is 5.56 Å². The smallest absolute Gasteiger partial charge is 0.323 e. The first kappa shape index (κ1) is 17.2. The fraction of sp³-hybridized carbons (Fsp3) is 0.368. The minimum absolute atomic E-state index is 0.0783. The van der Waals surface area contributed by atoms with E-state index in [1.807, 2.05) is 30.3 Å². The van der Waals surface area contributed by atoms with E-state index in [0.717, 1.165) is 5.39 Å². The zero-order valence-corrected chi connectivity index (χ0v) is 14.2. The molecule has 0 aliphatic carbocycles. The van der Waals surface area contributed by atoms with Gasteiger partial charge in [-0.25, -0.2) is 0 Å². The van der Waals surface area contributed by atoms with Gasteiger partial charge in [-0.3, -0.25) is 14.2 Å². The molecule has 1 fully saturated rings. The molecule has 0 saturated carbocycles. The Morgan fingerprint density at radius 2 is 2.24 bits per heavy atom. The summed E-state index contributed by atoms with van der Waals surface area (Å²) in [6, 6.07) is 8.96. The Labute approximate surface area is 146 Å². The summed E-state index contributed by atoms with van der Waals surface area (Å²) in [7, 11) is 1.37. The number of esters is 1. The molecule has 0 unspecified atom stereocenters. The van der Waals surface area contributed by atoms with E-state index in [-0.39, 0.29) is 23.7 Å². The lowest BCUT2D eigenvalue weighted by atomic mass is 10.1.